The van der Waals surface area contributed by atoms with Gasteiger partial charge in [0.2, 0.25) is 0 Å². The zero-order valence-corrected chi connectivity index (χ0v) is 18.4. The van der Waals surface area contributed by atoms with Crippen molar-refractivity contribution < 1.29 is 18.5 Å². The number of hydrogen-bond acceptors (Lipinski definition) is 3. The molecule has 1 N–H and O–H groups in total. The standard InChI is InChI=1S/C26H19FN4O3/c1-16-7-6-14-30(15-16)23-21(25(33)31(26(23)34)19-12-10-18(27)11-13-19)20-22(28-29(2)24(20)32)17-8-4-3-5-9-17/h3-15H,1-2H3/p+1. The lowest BCUT2D eigenvalue weighted by Gasteiger charge is -2.13. The van der Waals surface area contributed by atoms with Crippen molar-refractivity contribution in [3.8, 4) is 11.3 Å². The normalized spacial score (nSPS) is 13.8. The molecule has 168 valence electrons. The van der Waals surface area contributed by atoms with E-state index in [4.69, 9.17) is 0 Å². The summed E-state index contributed by atoms with van der Waals surface area (Å²) >= 11 is 0. The smallest absolute Gasteiger partial charge is 0.295 e. The first-order chi connectivity index (χ1) is 16.4. The van der Waals surface area contributed by atoms with Crippen LogP contribution in [0.5, 0.6) is 0 Å². The van der Waals surface area contributed by atoms with E-state index in [9.17, 15) is 18.8 Å². The molecular formula is C26H20FN4O3+. The van der Waals surface area contributed by atoms with Gasteiger partial charge in [-0.1, -0.05) is 30.3 Å². The van der Waals surface area contributed by atoms with E-state index in [1.165, 1.54) is 28.9 Å². The molecule has 8 heteroatoms. The summed E-state index contributed by atoms with van der Waals surface area (Å²) in [7, 11) is 1.55. The molecule has 0 aliphatic carbocycles. The lowest BCUT2D eigenvalue weighted by molar-refractivity contribution is -0.577. The molecule has 0 spiro atoms. The van der Waals surface area contributed by atoms with Crippen LogP contribution < -0.4 is 15.0 Å². The number of aromatic nitrogens is 3. The van der Waals surface area contributed by atoms with E-state index in [-0.39, 0.29) is 22.5 Å². The summed E-state index contributed by atoms with van der Waals surface area (Å²) in [5.41, 5.74) is 1.87. The van der Waals surface area contributed by atoms with E-state index < -0.39 is 23.2 Å². The fraction of sp³-hybridized carbons (Fsp3) is 0.0769. The van der Waals surface area contributed by atoms with Crippen molar-refractivity contribution >= 4 is 28.8 Å². The minimum atomic E-state index is -0.658. The van der Waals surface area contributed by atoms with Crippen LogP contribution in [0.2, 0.25) is 0 Å². The average Bonchev–Trinajstić information content (AvgIpc) is 3.26. The Balaban J connectivity index is 1.81. The van der Waals surface area contributed by atoms with Gasteiger partial charge >= 0.3 is 5.91 Å². The van der Waals surface area contributed by atoms with Gasteiger partial charge in [-0.25, -0.2) is 9.29 Å². The summed E-state index contributed by atoms with van der Waals surface area (Å²) < 4.78 is 16.4. The Morgan fingerprint density at radius 1 is 0.882 bits per heavy atom. The number of imide groups is 1. The van der Waals surface area contributed by atoms with Gasteiger partial charge in [0.15, 0.2) is 12.4 Å². The van der Waals surface area contributed by atoms with Crippen molar-refractivity contribution in [2.75, 3.05) is 4.90 Å². The van der Waals surface area contributed by atoms with Crippen LogP contribution >= 0.6 is 0 Å². The van der Waals surface area contributed by atoms with E-state index in [1.54, 1.807) is 30.1 Å². The van der Waals surface area contributed by atoms with Crippen molar-refractivity contribution in [1.82, 2.24) is 9.78 Å². The van der Waals surface area contributed by atoms with E-state index in [2.05, 4.69) is 5.10 Å². The molecule has 0 saturated heterocycles. The Morgan fingerprint density at radius 3 is 2.26 bits per heavy atom. The summed E-state index contributed by atoms with van der Waals surface area (Å²) in [4.78, 5) is 41.7. The van der Waals surface area contributed by atoms with Crippen molar-refractivity contribution in [2.24, 2.45) is 7.05 Å². The number of aromatic amines is 1. The van der Waals surface area contributed by atoms with Gasteiger partial charge in [0, 0.05) is 24.2 Å². The molecule has 0 bridgehead atoms. The summed E-state index contributed by atoms with van der Waals surface area (Å²) in [6.07, 6.45) is 3.37. The minimum Gasteiger partial charge on any atom is -0.295 e. The predicted octanol–water partition coefficient (Wildman–Crippen LogP) is 3.06. The monoisotopic (exact) mass is 455 g/mol. The highest BCUT2D eigenvalue weighted by Gasteiger charge is 2.48. The Bertz CT molecular complexity index is 1530. The topological polar surface area (TPSA) is 79.1 Å². The molecule has 5 rings (SSSR count). The van der Waals surface area contributed by atoms with Crippen molar-refractivity contribution in [1.29, 1.82) is 0 Å². The second-order valence-corrected chi connectivity index (χ2v) is 8.03. The maximum Gasteiger partial charge on any atom is 0.331 e. The van der Waals surface area contributed by atoms with Crippen LogP contribution in [0.15, 0.2) is 83.9 Å². The van der Waals surface area contributed by atoms with E-state index in [1.807, 2.05) is 43.3 Å². The number of anilines is 1. The maximum atomic E-state index is 13.8. The third kappa shape index (κ3) is 3.36. The van der Waals surface area contributed by atoms with Gasteiger partial charge in [0.1, 0.15) is 11.4 Å². The number of H-pyrrole nitrogens is 1. The number of aryl methyl sites for hydroxylation is 2. The largest absolute Gasteiger partial charge is 0.331 e. The molecular weight excluding hydrogens is 435 g/mol. The number of hydrogen-bond donors (Lipinski definition) is 1. The lowest BCUT2D eigenvalue weighted by Crippen LogP contribution is -2.39. The highest BCUT2D eigenvalue weighted by atomic mass is 19.1. The number of amides is 2. The number of pyridine rings is 1. The van der Waals surface area contributed by atoms with Crippen LogP contribution in [0.25, 0.3) is 22.5 Å². The van der Waals surface area contributed by atoms with Crippen LogP contribution in [0.4, 0.5) is 10.1 Å². The van der Waals surface area contributed by atoms with Crippen LogP contribution in [0.3, 0.4) is 0 Å². The first kappa shape index (κ1) is 21.3. The van der Waals surface area contributed by atoms with E-state index in [0.29, 0.717) is 11.3 Å². The molecule has 4 aromatic rings. The Morgan fingerprint density at radius 2 is 1.59 bits per heavy atom. The molecule has 2 aromatic carbocycles. The molecule has 0 atom stereocenters. The Hall–Kier alpha value is -4.59. The minimum absolute atomic E-state index is 0.0226. The molecule has 2 aromatic heterocycles. The molecule has 1 aliphatic rings. The lowest BCUT2D eigenvalue weighted by atomic mass is 10.0. The highest BCUT2D eigenvalue weighted by molar-refractivity contribution is 6.53. The van der Waals surface area contributed by atoms with Gasteiger partial charge < -0.3 is 0 Å². The quantitative estimate of drug-likeness (QED) is 0.380. The Kier molecular flexibility index (Phi) is 5.05. The van der Waals surface area contributed by atoms with Gasteiger partial charge in [-0.15, -0.1) is 0 Å². The SMILES string of the molecule is Cc1ccc[n+](C2=C(c3c(-c4ccccc4)[nH]n(C)c3=O)C(=O)N(c3ccc(F)cc3)C2=O)c1. The van der Waals surface area contributed by atoms with Gasteiger partial charge in [-0.2, -0.15) is 4.57 Å². The highest BCUT2D eigenvalue weighted by Crippen LogP contribution is 2.35. The van der Waals surface area contributed by atoms with Gasteiger partial charge in [0.05, 0.1) is 16.9 Å². The average molecular weight is 455 g/mol. The van der Waals surface area contributed by atoms with Crippen LogP contribution in [0.1, 0.15) is 11.1 Å². The van der Waals surface area contributed by atoms with E-state index in [0.717, 1.165) is 10.5 Å². The van der Waals surface area contributed by atoms with Gasteiger partial charge in [-0.05, 0) is 37.3 Å². The second-order valence-electron chi connectivity index (χ2n) is 8.03. The summed E-state index contributed by atoms with van der Waals surface area (Å²) in [5, 5.41) is 3.02. The van der Waals surface area contributed by atoms with Gasteiger partial charge in [0.25, 0.3) is 17.2 Å². The van der Waals surface area contributed by atoms with Crippen molar-refractivity contribution in [2.45, 2.75) is 6.92 Å². The number of carbonyl (C=O) groups excluding carboxylic acids is 2. The van der Waals surface area contributed by atoms with Crippen LogP contribution in [-0.2, 0) is 16.6 Å². The van der Waals surface area contributed by atoms with E-state index >= 15 is 0 Å². The third-order valence-corrected chi connectivity index (χ3v) is 5.71. The zero-order chi connectivity index (χ0) is 24.0. The Labute approximate surface area is 194 Å². The number of benzene rings is 2. The molecule has 34 heavy (non-hydrogen) atoms. The number of rotatable bonds is 4. The number of nitrogens with one attached hydrogen (secondary N) is 1. The third-order valence-electron chi connectivity index (χ3n) is 5.71. The fourth-order valence-corrected chi connectivity index (χ4v) is 4.13. The maximum absolute atomic E-state index is 13.8. The summed E-state index contributed by atoms with van der Waals surface area (Å²) in [5.74, 6) is -1.76. The molecule has 0 fully saturated rings. The molecule has 1 aliphatic heterocycles. The first-order valence-corrected chi connectivity index (χ1v) is 10.6. The molecule has 0 saturated carbocycles. The number of nitrogens with zero attached hydrogens (tertiary/aromatic N) is 3. The summed E-state index contributed by atoms with van der Waals surface area (Å²) in [6.45, 7) is 1.86. The van der Waals surface area contributed by atoms with Crippen LogP contribution in [-0.4, -0.2) is 21.6 Å². The van der Waals surface area contributed by atoms with Crippen molar-refractivity contribution in [3.05, 3.63) is 106 Å². The predicted molar refractivity (Wildman–Crippen MR) is 125 cm³/mol. The molecule has 3 heterocycles. The second kappa shape index (κ2) is 8.08. The molecule has 0 unspecified atom stereocenters. The molecule has 2 amide bonds. The molecule has 7 nitrogen and oxygen atoms in total. The van der Waals surface area contributed by atoms with Crippen molar-refractivity contribution in [3.63, 3.8) is 0 Å². The summed E-state index contributed by atoms with van der Waals surface area (Å²) in [6, 6.07) is 17.8. The molecule has 0 radical (unpaired) electrons. The fourth-order valence-electron chi connectivity index (χ4n) is 4.13. The first-order valence-electron chi connectivity index (χ1n) is 10.6. The number of carbonyl (C=O) groups is 2. The number of halogens is 1. The zero-order valence-electron chi connectivity index (χ0n) is 18.4. The van der Waals surface area contributed by atoms with Gasteiger partial charge in [-0.3, -0.25) is 24.2 Å². The van der Waals surface area contributed by atoms with Crippen LogP contribution in [0, 0.1) is 12.7 Å².